The van der Waals surface area contributed by atoms with Gasteiger partial charge in [0.2, 0.25) is 0 Å². The van der Waals surface area contributed by atoms with Gasteiger partial charge in [-0.3, -0.25) is 0 Å². The first kappa shape index (κ1) is 22.6. The highest BCUT2D eigenvalue weighted by atomic mass is 15.1. The van der Waals surface area contributed by atoms with Crippen LogP contribution < -0.4 is 4.90 Å². The molecule has 0 spiro atoms. The Labute approximate surface area is 215 Å². The topological polar surface area (TPSA) is 3.24 Å². The van der Waals surface area contributed by atoms with E-state index >= 15 is 0 Å². The Hall–Kier alpha value is -3.84. The van der Waals surface area contributed by atoms with Gasteiger partial charge in [-0.05, 0) is 86.7 Å². The molecule has 0 aliphatic heterocycles. The highest BCUT2D eigenvalue weighted by Gasteiger charge is 2.41. The van der Waals surface area contributed by atoms with Crippen LogP contribution in [-0.2, 0) is 10.8 Å². The molecule has 0 N–H and O–H groups in total. The summed E-state index contributed by atoms with van der Waals surface area (Å²) in [5, 5.41) is 2.54. The van der Waals surface area contributed by atoms with Gasteiger partial charge in [0.25, 0.3) is 0 Å². The highest BCUT2D eigenvalue weighted by molar-refractivity contribution is 6.01. The molecule has 0 amide bonds. The summed E-state index contributed by atoms with van der Waals surface area (Å²) in [5.41, 5.74) is 9.40. The van der Waals surface area contributed by atoms with Crippen LogP contribution in [0.2, 0.25) is 0 Å². The van der Waals surface area contributed by atoms with Gasteiger partial charge in [0, 0.05) is 17.1 Å². The summed E-state index contributed by atoms with van der Waals surface area (Å²) in [6.07, 6.45) is 1.18. The van der Waals surface area contributed by atoms with Gasteiger partial charge in [0.1, 0.15) is 0 Å². The lowest BCUT2D eigenvalue weighted by molar-refractivity contribution is 0.403. The number of rotatable bonds is 4. The molecule has 1 aliphatic carbocycles. The van der Waals surface area contributed by atoms with Gasteiger partial charge >= 0.3 is 0 Å². The lowest BCUT2D eigenvalue weighted by Crippen LogP contribution is -2.17. The molecular weight excluding hydrogens is 434 g/mol. The van der Waals surface area contributed by atoms with Crippen LogP contribution in [0.25, 0.3) is 21.9 Å². The van der Waals surface area contributed by atoms with E-state index in [1.54, 1.807) is 0 Å². The second-order valence-electron chi connectivity index (χ2n) is 11.4. The number of benzene rings is 5. The maximum absolute atomic E-state index is 2.46. The number of nitrogens with zero attached hydrogens (tertiary/aromatic N) is 1. The Balaban J connectivity index is 1.59. The molecule has 5 aromatic rings. The molecule has 0 saturated heterocycles. The molecule has 0 unspecified atom stereocenters. The third kappa shape index (κ3) is 3.80. The first-order chi connectivity index (χ1) is 17.3. The quantitative estimate of drug-likeness (QED) is 0.254. The third-order valence-corrected chi connectivity index (χ3v) is 7.81. The lowest BCUT2D eigenvalue weighted by atomic mass is 9.82. The molecule has 5 aromatic carbocycles. The zero-order valence-electron chi connectivity index (χ0n) is 21.6. The van der Waals surface area contributed by atoms with Crippen LogP contribution in [0.5, 0.6) is 0 Å². The van der Waals surface area contributed by atoms with E-state index in [9.17, 15) is 0 Å². The van der Waals surface area contributed by atoms with Crippen molar-refractivity contribution in [1.29, 1.82) is 0 Å². The van der Waals surface area contributed by atoms with Crippen LogP contribution in [0.3, 0.4) is 0 Å². The fraction of sp³-hybridized carbons (Fsp3) is 0.200. The van der Waals surface area contributed by atoms with Crippen LogP contribution in [0.15, 0.2) is 115 Å². The molecule has 0 aromatic heterocycles. The predicted molar refractivity (Wildman–Crippen MR) is 155 cm³/mol. The first-order valence-electron chi connectivity index (χ1n) is 12.9. The van der Waals surface area contributed by atoms with E-state index in [2.05, 4.69) is 148 Å². The Kier molecular flexibility index (Phi) is 5.26. The number of para-hydroxylation sites is 2. The normalized spacial score (nSPS) is 15.6. The second-order valence-corrected chi connectivity index (χ2v) is 11.4. The molecule has 1 nitrogen and oxygen atoms in total. The minimum atomic E-state index is 0.169. The molecule has 0 heterocycles. The van der Waals surface area contributed by atoms with E-state index < -0.39 is 0 Å². The smallest absolute Gasteiger partial charge is 0.0474 e. The standard InChI is InChI=1S/C35H33N/c1-34(2)24-35(3,4)33-22-26(19-20-32(33)34)31-23-29(21-25-13-11-12-18-30(25)31)36(27-14-7-5-8-15-27)28-16-9-6-10-17-28/h5-23H,24H2,1-4H3. The molecule has 6 rings (SSSR count). The molecule has 36 heavy (non-hydrogen) atoms. The van der Waals surface area contributed by atoms with Gasteiger partial charge in [-0.25, -0.2) is 0 Å². The van der Waals surface area contributed by atoms with Gasteiger partial charge in [0.05, 0.1) is 0 Å². The number of hydrogen-bond donors (Lipinski definition) is 0. The number of hydrogen-bond acceptors (Lipinski definition) is 1. The lowest BCUT2D eigenvalue weighted by Gasteiger charge is -2.27. The van der Waals surface area contributed by atoms with E-state index in [0.29, 0.717) is 0 Å². The molecule has 178 valence electrons. The summed E-state index contributed by atoms with van der Waals surface area (Å²) in [4.78, 5) is 2.36. The maximum atomic E-state index is 2.46. The average molecular weight is 468 g/mol. The molecule has 1 heteroatoms. The molecule has 0 saturated carbocycles. The van der Waals surface area contributed by atoms with Crippen LogP contribution in [0.1, 0.15) is 45.2 Å². The minimum Gasteiger partial charge on any atom is -0.310 e. The Morgan fingerprint density at radius 3 is 1.78 bits per heavy atom. The van der Waals surface area contributed by atoms with Crippen molar-refractivity contribution in [3.05, 3.63) is 126 Å². The highest BCUT2D eigenvalue weighted by Crippen LogP contribution is 2.50. The molecule has 0 fully saturated rings. The summed E-state index contributed by atoms with van der Waals surface area (Å²) in [5.74, 6) is 0. The van der Waals surface area contributed by atoms with Crippen molar-refractivity contribution in [3.63, 3.8) is 0 Å². The molecular formula is C35H33N. The average Bonchev–Trinajstić information content (AvgIpc) is 3.08. The van der Waals surface area contributed by atoms with E-state index in [1.807, 2.05) is 0 Å². The van der Waals surface area contributed by atoms with E-state index in [1.165, 1.54) is 45.1 Å². The summed E-state index contributed by atoms with van der Waals surface area (Å²) < 4.78 is 0. The zero-order chi connectivity index (χ0) is 24.9. The van der Waals surface area contributed by atoms with Crippen molar-refractivity contribution in [3.8, 4) is 11.1 Å². The van der Waals surface area contributed by atoms with Crippen LogP contribution in [-0.4, -0.2) is 0 Å². The van der Waals surface area contributed by atoms with Gasteiger partial charge in [0.15, 0.2) is 0 Å². The summed E-state index contributed by atoms with van der Waals surface area (Å²) in [7, 11) is 0. The van der Waals surface area contributed by atoms with Gasteiger partial charge in [-0.1, -0.05) is 107 Å². The second kappa shape index (κ2) is 8.38. The first-order valence-corrected chi connectivity index (χ1v) is 12.9. The monoisotopic (exact) mass is 467 g/mol. The van der Waals surface area contributed by atoms with Crippen LogP contribution in [0.4, 0.5) is 17.1 Å². The van der Waals surface area contributed by atoms with Gasteiger partial charge < -0.3 is 4.90 Å². The van der Waals surface area contributed by atoms with E-state index in [-0.39, 0.29) is 10.8 Å². The fourth-order valence-electron chi connectivity index (χ4n) is 6.42. The maximum Gasteiger partial charge on any atom is 0.0474 e. The van der Waals surface area contributed by atoms with Gasteiger partial charge in [-0.2, -0.15) is 0 Å². The fourth-order valence-corrected chi connectivity index (χ4v) is 6.42. The number of anilines is 3. The Bertz CT molecular complexity index is 1510. The van der Waals surface area contributed by atoms with Crippen molar-refractivity contribution in [2.75, 3.05) is 4.90 Å². The molecule has 1 aliphatic rings. The Morgan fingerprint density at radius 2 is 1.11 bits per heavy atom. The van der Waals surface area contributed by atoms with Crippen molar-refractivity contribution < 1.29 is 0 Å². The SMILES string of the molecule is CC1(C)CC(C)(C)c2cc(-c3cc(N(c4ccccc4)c4ccccc4)cc4ccccc34)ccc21. The number of fused-ring (bicyclic) bond motifs is 2. The van der Waals surface area contributed by atoms with Crippen molar-refractivity contribution in [1.82, 2.24) is 0 Å². The largest absolute Gasteiger partial charge is 0.310 e. The van der Waals surface area contributed by atoms with Crippen molar-refractivity contribution >= 4 is 27.8 Å². The van der Waals surface area contributed by atoms with E-state index in [4.69, 9.17) is 0 Å². The minimum absolute atomic E-state index is 0.169. The summed E-state index contributed by atoms with van der Waals surface area (Å²) >= 11 is 0. The van der Waals surface area contributed by atoms with Crippen molar-refractivity contribution in [2.45, 2.75) is 44.9 Å². The van der Waals surface area contributed by atoms with Crippen LogP contribution >= 0.6 is 0 Å². The third-order valence-electron chi connectivity index (χ3n) is 7.81. The van der Waals surface area contributed by atoms with E-state index in [0.717, 1.165) is 11.4 Å². The predicted octanol–water partition coefficient (Wildman–Crippen LogP) is 9.94. The molecule has 0 radical (unpaired) electrons. The Morgan fingerprint density at radius 1 is 0.528 bits per heavy atom. The van der Waals surface area contributed by atoms with Crippen molar-refractivity contribution in [2.24, 2.45) is 0 Å². The van der Waals surface area contributed by atoms with Gasteiger partial charge in [-0.15, -0.1) is 0 Å². The summed E-state index contributed by atoms with van der Waals surface area (Å²) in [6.45, 7) is 9.55. The molecule has 0 bridgehead atoms. The molecule has 0 atom stereocenters. The van der Waals surface area contributed by atoms with Crippen LogP contribution in [0, 0.1) is 0 Å². The summed E-state index contributed by atoms with van der Waals surface area (Å²) in [6, 6.07) is 42.0. The zero-order valence-corrected chi connectivity index (χ0v) is 21.6.